The van der Waals surface area contributed by atoms with Crippen LogP contribution in [-0.4, -0.2) is 20.0 Å². The first-order valence-corrected chi connectivity index (χ1v) is 6.07. The van der Waals surface area contributed by atoms with Gasteiger partial charge in [-0.2, -0.15) is 0 Å². The fourth-order valence-corrected chi connectivity index (χ4v) is 1.72. The van der Waals surface area contributed by atoms with E-state index < -0.39 is 0 Å². The predicted octanol–water partition coefficient (Wildman–Crippen LogP) is 3.19. The Balaban J connectivity index is 2.14. The number of rotatable bonds is 3. The number of amides is 1. The Morgan fingerprint density at radius 2 is 1.79 bits per heavy atom. The molecule has 0 saturated carbocycles. The summed E-state index contributed by atoms with van der Waals surface area (Å²) in [5, 5.41) is 2.89. The molecular formula is C16H17N2O. The lowest BCUT2D eigenvalue weighted by Gasteiger charge is -2.14. The van der Waals surface area contributed by atoms with Gasteiger partial charge in [-0.25, -0.2) is 0 Å². The van der Waals surface area contributed by atoms with Crippen molar-refractivity contribution in [3.63, 3.8) is 0 Å². The monoisotopic (exact) mass is 253 g/mol. The van der Waals surface area contributed by atoms with Crippen LogP contribution in [0.1, 0.15) is 15.9 Å². The second-order valence-corrected chi connectivity index (χ2v) is 4.60. The molecule has 19 heavy (non-hydrogen) atoms. The molecule has 1 radical (unpaired) electrons. The van der Waals surface area contributed by atoms with Crippen LogP contribution in [0, 0.1) is 6.92 Å². The van der Waals surface area contributed by atoms with E-state index >= 15 is 0 Å². The molecule has 0 heterocycles. The van der Waals surface area contributed by atoms with Crippen molar-refractivity contribution < 1.29 is 4.79 Å². The van der Waals surface area contributed by atoms with Crippen molar-refractivity contribution in [2.45, 2.75) is 0 Å². The molecule has 97 valence electrons. The van der Waals surface area contributed by atoms with Crippen LogP contribution in [0.2, 0.25) is 0 Å². The van der Waals surface area contributed by atoms with E-state index in [1.54, 1.807) is 12.1 Å². The number of carbonyl (C=O) groups excluding carboxylic acids is 1. The third-order valence-electron chi connectivity index (χ3n) is 2.84. The van der Waals surface area contributed by atoms with Gasteiger partial charge >= 0.3 is 0 Å². The summed E-state index contributed by atoms with van der Waals surface area (Å²) in [6, 6.07) is 14.9. The van der Waals surface area contributed by atoms with Gasteiger partial charge in [0.25, 0.3) is 5.91 Å². The Labute approximate surface area is 113 Å². The maximum atomic E-state index is 12.1. The van der Waals surface area contributed by atoms with Crippen LogP contribution in [0.15, 0.2) is 48.5 Å². The fourth-order valence-electron chi connectivity index (χ4n) is 1.72. The van der Waals surface area contributed by atoms with Gasteiger partial charge in [-0.1, -0.05) is 18.2 Å². The first-order chi connectivity index (χ1) is 9.06. The topological polar surface area (TPSA) is 32.3 Å². The molecule has 3 nitrogen and oxygen atoms in total. The summed E-state index contributed by atoms with van der Waals surface area (Å²) in [5.74, 6) is -0.115. The lowest BCUT2D eigenvalue weighted by Crippen LogP contribution is -2.13. The molecule has 0 atom stereocenters. The summed E-state index contributed by atoms with van der Waals surface area (Å²) in [6.45, 7) is 3.80. The molecule has 2 aromatic carbocycles. The van der Waals surface area contributed by atoms with Crippen molar-refractivity contribution >= 4 is 17.3 Å². The largest absolute Gasteiger partial charge is 0.378 e. The molecule has 0 fully saturated rings. The highest BCUT2D eigenvalue weighted by molar-refractivity contribution is 6.04. The zero-order valence-corrected chi connectivity index (χ0v) is 11.2. The van der Waals surface area contributed by atoms with Crippen molar-refractivity contribution in [2.75, 3.05) is 24.3 Å². The number of carbonyl (C=O) groups is 1. The van der Waals surface area contributed by atoms with Crippen molar-refractivity contribution in [3.05, 3.63) is 66.6 Å². The highest BCUT2D eigenvalue weighted by Crippen LogP contribution is 2.18. The molecule has 0 aliphatic heterocycles. The summed E-state index contributed by atoms with van der Waals surface area (Å²) >= 11 is 0. The summed E-state index contributed by atoms with van der Waals surface area (Å²) in [5.41, 5.74) is 3.36. The molecule has 0 bridgehead atoms. The normalized spacial score (nSPS) is 10.1. The van der Waals surface area contributed by atoms with Gasteiger partial charge in [-0.3, -0.25) is 4.79 Å². The van der Waals surface area contributed by atoms with Gasteiger partial charge < -0.3 is 10.2 Å². The minimum Gasteiger partial charge on any atom is -0.378 e. The molecule has 0 aliphatic rings. The van der Waals surface area contributed by atoms with Crippen molar-refractivity contribution in [1.29, 1.82) is 0 Å². The zero-order chi connectivity index (χ0) is 13.8. The van der Waals surface area contributed by atoms with Crippen LogP contribution in [0.25, 0.3) is 0 Å². The Morgan fingerprint density at radius 1 is 1.11 bits per heavy atom. The second kappa shape index (κ2) is 5.57. The summed E-state index contributed by atoms with van der Waals surface area (Å²) in [7, 11) is 3.93. The maximum absolute atomic E-state index is 12.1. The van der Waals surface area contributed by atoms with E-state index in [0.717, 1.165) is 16.9 Å². The van der Waals surface area contributed by atoms with E-state index in [1.165, 1.54) is 0 Å². The predicted molar refractivity (Wildman–Crippen MR) is 79.6 cm³/mol. The Bertz CT molecular complexity index is 574. The van der Waals surface area contributed by atoms with E-state index in [4.69, 9.17) is 0 Å². The molecule has 0 aromatic heterocycles. The molecule has 1 amide bonds. The SMILES string of the molecule is [CH2]c1ccc(C(=O)Nc2cccc(N(C)C)c2)cc1. The van der Waals surface area contributed by atoms with Gasteiger partial charge in [0.05, 0.1) is 0 Å². The minimum absolute atomic E-state index is 0.115. The summed E-state index contributed by atoms with van der Waals surface area (Å²) in [4.78, 5) is 14.1. The summed E-state index contributed by atoms with van der Waals surface area (Å²) in [6.07, 6.45) is 0. The maximum Gasteiger partial charge on any atom is 0.255 e. The van der Waals surface area contributed by atoms with E-state index in [2.05, 4.69) is 12.2 Å². The smallest absolute Gasteiger partial charge is 0.255 e. The Morgan fingerprint density at radius 3 is 2.42 bits per heavy atom. The van der Waals surface area contributed by atoms with Crippen LogP contribution < -0.4 is 10.2 Å². The van der Waals surface area contributed by atoms with Crippen molar-refractivity contribution in [2.24, 2.45) is 0 Å². The molecule has 1 N–H and O–H groups in total. The zero-order valence-electron chi connectivity index (χ0n) is 11.2. The second-order valence-electron chi connectivity index (χ2n) is 4.60. The van der Waals surface area contributed by atoms with Gasteiger partial charge in [0.15, 0.2) is 0 Å². The van der Waals surface area contributed by atoms with Crippen molar-refractivity contribution in [1.82, 2.24) is 0 Å². The molecule has 3 heteroatoms. The number of nitrogens with zero attached hydrogens (tertiary/aromatic N) is 1. The van der Waals surface area contributed by atoms with Crippen LogP contribution in [0.5, 0.6) is 0 Å². The van der Waals surface area contributed by atoms with Crippen LogP contribution in [0.3, 0.4) is 0 Å². The molecule has 0 saturated heterocycles. The molecule has 2 rings (SSSR count). The van der Waals surface area contributed by atoms with E-state index in [0.29, 0.717) is 5.56 Å². The van der Waals surface area contributed by atoms with Gasteiger partial charge in [0.1, 0.15) is 0 Å². The number of benzene rings is 2. The van der Waals surface area contributed by atoms with Gasteiger partial charge in [-0.05, 0) is 42.8 Å². The number of hydrogen-bond donors (Lipinski definition) is 1. The molecule has 0 aliphatic carbocycles. The number of anilines is 2. The van der Waals surface area contributed by atoms with Gasteiger partial charge in [-0.15, -0.1) is 0 Å². The van der Waals surface area contributed by atoms with Crippen LogP contribution in [0.4, 0.5) is 11.4 Å². The summed E-state index contributed by atoms with van der Waals surface area (Å²) < 4.78 is 0. The molecule has 0 spiro atoms. The molecule has 2 aromatic rings. The Hall–Kier alpha value is -2.29. The van der Waals surface area contributed by atoms with Crippen LogP contribution in [-0.2, 0) is 0 Å². The fraction of sp³-hybridized carbons (Fsp3) is 0.125. The quantitative estimate of drug-likeness (QED) is 0.911. The highest BCUT2D eigenvalue weighted by Gasteiger charge is 2.06. The Kier molecular flexibility index (Phi) is 3.85. The minimum atomic E-state index is -0.115. The lowest BCUT2D eigenvalue weighted by molar-refractivity contribution is 0.102. The highest BCUT2D eigenvalue weighted by atomic mass is 16.1. The van der Waals surface area contributed by atoms with Gasteiger partial charge in [0, 0.05) is 31.0 Å². The molecule has 0 unspecified atom stereocenters. The third kappa shape index (κ3) is 3.35. The lowest BCUT2D eigenvalue weighted by atomic mass is 10.1. The van der Waals surface area contributed by atoms with Gasteiger partial charge in [0.2, 0.25) is 0 Å². The average molecular weight is 253 g/mol. The first kappa shape index (κ1) is 13.1. The number of nitrogens with one attached hydrogen (secondary N) is 1. The third-order valence-corrected chi connectivity index (χ3v) is 2.84. The first-order valence-electron chi connectivity index (χ1n) is 6.07. The number of hydrogen-bond acceptors (Lipinski definition) is 2. The molecular weight excluding hydrogens is 236 g/mol. The van der Waals surface area contributed by atoms with E-state index in [9.17, 15) is 4.79 Å². The average Bonchev–Trinajstić information content (AvgIpc) is 2.39. The standard InChI is InChI=1S/C16H17N2O/c1-12-7-9-13(10-8-12)16(19)17-14-5-4-6-15(11-14)18(2)3/h4-11H,1H2,2-3H3,(H,17,19). The van der Waals surface area contributed by atoms with Crippen molar-refractivity contribution in [3.8, 4) is 0 Å². The van der Waals surface area contributed by atoms with E-state index in [-0.39, 0.29) is 5.91 Å². The van der Waals surface area contributed by atoms with E-state index in [1.807, 2.05) is 55.4 Å². The van der Waals surface area contributed by atoms with Crippen LogP contribution >= 0.6 is 0 Å².